The third-order valence-corrected chi connectivity index (χ3v) is 4.63. The molecule has 0 saturated carbocycles. The molecule has 2 nitrogen and oxygen atoms in total. The molecule has 1 N–H and O–H groups in total. The molecule has 1 aromatic carbocycles. The molecule has 0 bridgehead atoms. The number of nitrogens with one attached hydrogen (secondary N) is 1. The molecule has 0 aromatic heterocycles. The lowest BCUT2D eigenvalue weighted by molar-refractivity contribution is 0.117. The van der Waals surface area contributed by atoms with Crippen molar-refractivity contribution in [3.05, 3.63) is 34.9 Å². The fourth-order valence-electron chi connectivity index (χ4n) is 3.61. The molecule has 1 aliphatic heterocycles. The van der Waals surface area contributed by atoms with Crippen LogP contribution in [0.15, 0.2) is 18.2 Å². The lowest BCUT2D eigenvalue weighted by Gasteiger charge is -2.41. The Hall–Kier alpha value is -0.860. The first-order valence-corrected chi connectivity index (χ1v) is 8.00. The molecule has 2 heteroatoms. The molecule has 1 aliphatic rings. The van der Waals surface area contributed by atoms with Crippen molar-refractivity contribution in [2.75, 3.05) is 20.1 Å². The number of nitrogens with zero attached hydrogens (tertiary/aromatic N) is 1. The van der Waals surface area contributed by atoms with E-state index >= 15 is 0 Å². The summed E-state index contributed by atoms with van der Waals surface area (Å²) >= 11 is 0. The van der Waals surface area contributed by atoms with Gasteiger partial charge in [0.2, 0.25) is 0 Å². The van der Waals surface area contributed by atoms with Gasteiger partial charge in [-0.05, 0) is 62.9 Å². The Morgan fingerprint density at radius 2 is 1.90 bits per heavy atom. The monoisotopic (exact) mass is 274 g/mol. The van der Waals surface area contributed by atoms with Gasteiger partial charge in [-0.25, -0.2) is 0 Å². The Bertz CT molecular complexity index is 419. The highest BCUT2D eigenvalue weighted by molar-refractivity contribution is 5.37. The number of hydrogen-bond donors (Lipinski definition) is 1. The van der Waals surface area contributed by atoms with Crippen LogP contribution in [0, 0.1) is 19.8 Å². The first kappa shape index (κ1) is 15.5. The average Bonchev–Trinajstić information content (AvgIpc) is 2.38. The average molecular weight is 274 g/mol. The minimum absolute atomic E-state index is 0.566. The predicted molar refractivity (Wildman–Crippen MR) is 87.1 cm³/mol. The molecule has 2 atom stereocenters. The van der Waals surface area contributed by atoms with Crippen molar-refractivity contribution in [1.29, 1.82) is 0 Å². The molecule has 2 rings (SSSR count). The van der Waals surface area contributed by atoms with Gasteiger partial charge >= 0.3 is 0 Å². The van der Waals surface area contributed by atoms with E-state index in [9.17, 15) is 0 Å². The number of rotatable bonds is 4. The maximum absolute atomic E-state index is 3.65. The van der Waals surface area contributed by atoms with Crippen LogP contribution in [-0.4, -0.2) is 31.1 Å². The summed E-state index contributed by atoms with van der Waals surface area (Å²) in [5.41, 5.74) is 4.45. The molecule has 0 spiro atoms. The first-order valence-electron chi connectivity index (χ1n) is 8.00. The highest BCUT2D eigenvalue weighted by atomic mass is 15.1. The molecular formula is C18H30N2. The van der Waals surface area contributed by atoms with Gasteiger partial charge in [0, 0.05) is 18.6 Å². The number of likely N-dealkylation sites (tertiary alicyclic amines) is 1. The molecule has 1 aromatic rings. The summed E-state index contributed by atoms with van der Waals surface area (Å²) < 4.78 is 0. The zero-order valence-corrected chi connectivity index (χ0v) is 13.7. The van der Waals surface area contributed by atoms with Crippen molar-refractivity contribution < 1.29 is 0 Å². The molecule has 112 valence electrons. The molecule has 0 radical (unpaired) electrons. The quantitative estimate of drug-likeness (QED) is 0.901. The van der Waals surface area contributed by atoms with E-state index in [-0.39, 0.29) is 0 Å². The van der Waals surface area contributed by atoms with Crippen LogP contribution >= 0.6 is 0 Å². The summed E-state index contributed by atoms with van der Waals surface area (Å²) in [4.78, 5) is 2.56. The SMILES string of the molecule is Cc1cccc(C)c1C1C(CNC(C)C)CCCN1C. The lowest BCUT2D eigenvalue weighted by Crippen LogP contribution is -2.42. The van der Waals surface area contributed by atoms with Crippen LogP contribution < -0.4 is 5.32 Å². The van der Waals surface area contributed by atoms with E-state index in [1.165, 1.54) is 30.5 Å². The summed E-state index contributed by atoms with van der Waals surface area (Å²) in [5.74, 6) is 0.718. The molecule has 0 aliphatic carbocycles. The summed E-state index contributed by atoms with van der Waals surface area (Å²) in [7, 11) is 2.29. The largest absolute Gasteiger partial charge is 0.314 e. The maximum atomic E-state index is 3.65. The van der Waals surface area contributed by atoms with Crippen molar-refractivity contribution in [3.63, 3.8) is 0 Å². The Balaban J connectivity index is 2.27. The topological polar surface area (TPSA) is 15.3 Å². The van der Waals surface area contributed by atoms with Gasteiger partial charge in [-0.3, -0.25) is 4.90 Å². The zero-order chi connectivity index (χ0) is 14.7. The smallest absolute Gasteiger partial charge is 0.0390 e. The number of hydrogen-bond acceptors (Lipinski definition) is 2. The van der Waals surface area contributed by atoms with Crippen molar-refractivity contribution in [2.24, 2.45) is 5.92 Å². The van der Waals surface area contributed by atoms with Gasteiger partial charge in [-0.1, -0.05) is 32.0 Å². The summed E-state index contributed by atoms with van der Waals surface area (Å²) in [6.45, 7) is 11.3. The van der Waals surface area contributed by atoms with Crippen LogP contribution in [0.5, 0.6) is 0 Å². The van der Waals surface area contributed by atoms with E-state index in [4.69, 9.17) is 0 Å². The van der Waals surface area contributed by atoms with Crippen molar-refractivity contribution in [3.8, 4) is 0 Å². The van der Waals surface area contributed by atoms with Gasteiger partial charge in [0.1, 0.15) is 0 Å². The Morgan fingerprint density at radius 1 is 1.25 bits per heavy atom. The first-order chi connectivity index (χ1) is 9.50. The van der Waals surface area contributed by atoms with Crippen LogP contribution in [0.1, 0.15) is 49.4 Å². The Labute approximate surface area is 124 Å². The van der Waals surface area contributed by atoms with Crippen LogP contribution in [0.25, 0.3) is 0 Å². The van der Waals surface area contributed by atoms with E-state index in [0.717, 1.165) is 12.5 Å². The molecule has 1 fully saturated rings. The second-order valence-corrected chi connectivity index (χ2v) is 6.70. The highest BCUT2D eigenvalue weighted by Crippen LogP contribution is 2.37. The molecule has 1 saturated heterocycles. The number of piperidine rings is 1. The van der Waals surface area contributed by atoms with Crippen LogP contribution in [0.2, 0.25) is 0 Å². The summed E-state index contributed by atoms with van der Waals surface area (Å²) in [5, 5.41) is 3.65. The lowest BCUT2D eigenvalue weighted by atomic mass is 9.81. The van der Waals surface area contributed by atoms with Gasteiger partial charge in [0.15, 0.2) is 0 Å². The summed E-state index contributed by atoms with van der Waals surface area (Å²) in [6.07, 6.45) is 2.66. The number of benzene rings is 1. The van der Waals surface area contributed by atoms with E-state index in [2.05, 4.69) is 63.2 Å². The fraction of sp³-hybridized carbons (Fsp3) is 0.667. The molecular weight excluding hydrogens is 244 g/mol. The van der Waals surface area contributed by atoms with Gasteiger partial charge in [-0.2, -0.15) is 0 Å². The third kappa shape index (κ3) is 3.42. The standard InChI is InChI=1S/C18H30N2/c1-13(2)19-12-16-10-7-11-20(5)18(16)17-14(3)8-6-9-15(17)4/h6,8-9,13,16,18-19H,7,10-12H2,1-5H3. The fourth-order valence-corrected chi connectivity index (χ4v) is 3.61. The summed E-state index contributed by atoms with van der Waals surface area (Å²) in [6, 6.07) is 7.84. The molecule has 0 amide bonds. The van der Waals surface area contributed by atoms with Gasteiger partial charge in [-0.15, -0.1) is 0 Å². The van der Waals surface area contributed by atoms with E-state index in [1.54, 1.807) is 5.56 Å². The predicted octanol–water partition coefficient (Wildman–Crippen LogP) is 3.68. The molecule has 20 heavy (non-hydrogen) atoms. The minimum atomic E-state index is 0.566. The van der Waals surface area contributed by atoms with Crippen molar-refractivity contribution in [2.45, 2.75) is 52.6 Å². The minimum Gasteiger partial charge on any atom is -0.314 e. The van der Waals surface area contributed by atoms with Gasteiger partial charge in [0.25, 0.3) is 0 Å². The van der Waals surface area contributed by atoms with Crippen LogP contribution in [0.3, 0.4) is 0 Å². The van der Waals surface area contributed by atoms with Crippen LogP contribution in [0.4, 0.5) is 0 Å². The highest BCUT2D eigenvalue weighted by Gasteiger charge is 2.32. The van der Waals surface area contributed by atoms with Gasteiger partial charge in [0.05, 0.1) is 0 Å². The van der Waals surface area contributed by atoms with E-state index < -0.39 is 0 Å². The maximum Gasteiger partial charge on any atom is 0.0390 e. The van der Waals surface area contributed by atoms with E-state index in [0.29, 0.717) is 12.1 Å². The Morgan fingerprint density at radius 3 is 2.50 bits per heavy atom. The van der Waals surface area contributed by atoms with Crippen LogP contribution in [-0.2, 0) is 0 Å². The Kier molecular flexibility index (Phi) is 5.22. The molecule has 1 heterocycles. The zero-order valence-electron chi connectivity index (χ0n) is 13.7. The van der Waals surface area contributed by atoms with Crippen molar-refractivity contribution in [1.82, 2.24) is 10.2 Å². The third-order valence-electron chi connectivity index (χ3n) is 4.63. The van der Waals surface area contributed by atoms with Gasteiger partial charge < -0.3 is 5.32 Å². The molecule has 2 unspecified atom stereocenters. The second kappa shape index (κ2) is 6.73. The van der Waals surface area contributed by atoms with E-state index in [1.807, 2.05) is 0 Å². The second-order valence-electron chi connectivity index (χ2n) is 6.70. The normalized spacial score (nSPS) is 24.3. The number of aryl methyl sites for hydroxylation is 2. The van der Waals surface area contributed by atoms with Crippen molar-refractivity contribution >= 4 is 0 Å².